The maximum absolute atomic E-state index is 16.1. The first-order valence-corrected chi connectivity index (χ1v) is 15.3. The molecule has 15 heteroatoms. The minimum absolute atomic E-state index is 0.136. The topological polar surface area (TPSA) is 147 Å². The number of benzene rings is 2. The van der Waals surface area contributed by atoms with E-state index in [4.69, 9.17) is 36.1 Å². The number of hydrogen-bond acceptors (Lipinski definition) is 10. The molecule has 1 aromatic heterocycles. The third-order valence-electron chi connectivity index (χ3n) is 6.27. The molecule has 0 aliphatic carbocycles. The zero-order valence-electron chi connectivity index (χ0n) is 22.7. The summed E-state index contributed by atoms with van der Waals surface area (Å²) in [6, 6.07) is 12.7. The number of nitrogens with zero attached hydrogens (tertiary/aromatic N) is 2. The Labute approximate surface area is 239 Å². The number of hydrogen-bond donors (Lipinski definition) is 3. The second-order valence-corrected chi connectivity index (χ2v) is 13.2. The molecule has 1 saturated heterocycles. The maximum Gasteiger partial charge on any atom is 0.351 e. The molecule has 4 N–H and O–H groups in total. The monoisotopic (exact) mass is 612 g/mol. The summed E-state index contributed by atoms with van der Waals surface area (Å²) in [6.07, 6.45) is -3.69. The van der Waals surface area contributed by atoms with Crippen molar-refractivity contribution in [1.82, 2.24) is 14.6 Å². The van der Waals surface area contributed by atoms with Gasteiger partial charge in [0, 0.05) is 6.20 Å². The van der Waals surface area contributed by atoms with E-state index in [1.54, 1.807) is 32.0 Å². The number of aliphatic hydroxyl groups is 1. The van der Waals surface area contributed by atoms with Crippen LogP contribution in [-0.2, 0) is 30.6 Å². The molecule has 0 spiro atoms. The lowest BCUT2D eigenvalue weighted by atomic mass is 9.97. The van der Waals surface area contributed by atoms with Crippen LogP contribution in [0.4, 0.5) is 14.6 Å². The number of rotatable bonds is 10. The summed E-state index contributed by atoms with van der Waals surface area (Å²) in [4.78, 5) is 28.3. The summed E-state index contributed by atoms with van der Waals surface area (Å²) in [6.45, 7) is 0.733. The lowest BCUT2D eigenvalue weighted by Gasteiger charge is -2.30. The zero-order chi connectivity index (χ0) is 30.2. The Bertz CT molecular complexity index is 1540. The summed E-state index contributed by atoms with van der Waals surface area (Å²) in [7, 11) is 0. The highest BCUT2D eigenvalue weighted by atomic mass is 32.5. The van der Waals surface area contributed by atoms with Gasteiger partial charge in [-0.2, -0.15) is 4.98 Å². The van der Waals surface area contributed by atoms with Crippen molar-refractivity contribution in [3.63, 3.8) is 0 Å². The number of esters is 1. The van der Waals surface area contributed by atoms with Crippen molar-refractivity contribution in [2.75, 3.05) is 12.3 Å². The number of ether oxygens (including phenoxy) is 2. The van der Waals surface area contributed by atoms with Gasteiger partial charge in [0.1, 0.15) is 24.2 Å². The SMILES string of the molecule is CC(C)OC(=O)[C@H](C)NP(=S)(OC[C@@]1(F)O[C@@H](n2ccc(N)nc2=O)[C@](C)(F)[C@@H]1O)Oc1ccc2ccccc2c1. The molecule has 1 unspecified atom stereocenters. The van der Waals surface area contributed by atoms with E-state index in [0.29, 0.717) is 4.57 Å². The summed E-state index contributed by atoms with van der Waals surface area (Å²) < 4.78 is 54.6. The molecule has 1 aliphatic heterocycles. The van der Waals surface area contributed by atoms with E-state index in [1.807, 2.05) is 24.3 Å². The van der Waals surface area contributed by atoms with Crippen molar-refractivity contribution in [1.29, 1.82) is 0 Å². The van der Waals surface area contributed by atoms with E-state index in [9.17, 15) is 14.7 Å². The van der Waals surface area contributed by atoms with E-state index in [1.165, 1.54) is 13.0 Å². The van der Waals surface area contributed by atoms with Crippen LogP contribution in [0.3, 0.4) is 0 Å². The molecule has 222 valence electrons. The Morgan fingerprint density at radius 2 is 1.93 bits per heavy atom. The normalized spacial score (nSPS) is 26.5. The van der Waals surface area contributed by atoms with Crippen molar-refractivity contribution in [2.45, 2.75) is 63.7 Å². The molecule has 4 rings (SSSR count). The van der Waals surface area contributed by atoms with Crippen LogP contribution in [0, 0.1) is 0 Å². The molecule has 0 amide bonds. The summed E-state index contributed by atoms with van der Waals surface area (Å²) in [5.41, 5.74) is 1.67. The predicted octanol–water partition coefficient (Wildman–Crippen LogP) is 3.51. The van der Waals surface area contributed by atoms with E-state index < -0.39 is 60.9 Å². The number of alkyl halides is 2. The molecule has 11 nitrogen and oxygen atoms in total. The van der Waals surface area contributed by atoms with Gasteiger partial charge in [0.2, 0.25) is 0 Å². The van der Waals surface area contributed by atoms with Crippen molar-refractivity contribution >= 4 is 41.0 Å². The Balaban J connectivity index is 1.61. The van der Waals surface area contributed by atoms with Crippen LogP contribution in [0.5, 0.6) is 5.75 Å². The first-order chi connectivity index (χ1) is 19.1. The summed E-state index contributed by atoms with van der Waals surface area (Å²) >= 11 is 5.62. The Hall–Kier alpha value is -3.00. The molecule has 0 bridgehead atoms. The molecular weight excluding hydrogens is 581 g/mol. The van der Waals surface area contributed by atoms with Gasteiger partial charge in [-0.15, -0.1) is 0 Å². The van der Waals surface area contributed by atoms with E-state index in [-0.39, 0.29) is 11.6 Å². The number of carbonyl (C=O) groups is 1. The fraction of sp³-hybridized carbons (Fsp3) is 0.423. The lowest BCUT2D eigenvalue weighted by molar-refractivity contribution is -0.203. The molecule has 6 atom stereocenters. The van der Waals surface area contributed by atoms with Crippen molar-refractivity contribution in [3.05, 3.63) is 65.2 Å². The third-order valence-corrected chi connectivity index (χ3v) is 8.75. The average molecular weight is 613 g/mol. The predicted molar refractivity (Wildman–Crippen MR) is 151 cm³/mol. The highest BCUT2D eigenvalue weighted by Crippen LogP contribution is 2.51. The van der Waals surface area contributed by atoms with Crippen molar-refractivity contribution in [3.8, 4) is 5.75 Å². The summed E-state index contributed by atoms with van der Waals surface area (Å²) in [5.74, 6) is -3.74. The van der Waals surface area contributed by atoms with Crippen LogP contribution in [0.2, 0.25) is 0 Å². The molecule has 0 saturated carbocycles. The lowest BCUT2D eigenvalue weighted by Crippen LogP contribution is -2.47. The Morgan fingerprint density at radius 1 is 1.24 bits per heavy atom. The molecular formula is C26H31F2N4O7PS. The highest BCUT2D eigenvalue weighted by Gasteiger charge is 2.65. The standard InChI is InChI=1S/C26H31F2N4O7PS/c1-15(2)37-21(33)16(3)31-40(41,39-19-10-9-17-7-5-6-8-18(17)13-19)36-14-26(28)22(34)25(4,27)23(38-26)32-12-11-20(29)30-24(32)35/h5-13,15-16,22-23,34H,14H2,1-4H3,(H,31,41)(H2,29,30,35)/t16-,22-,23+,25+,26+,40?/m0/s1. The average Bonchev–Trinajstić information content (AvgIpc) is 3.07. The number of anilines is 1. The fourth-order valence-electron chi connectivity index (χ4n) is 4.22. The summed E-state index contributed by atoms with van der Waals surface area (Å²) in [5, 5.41) is 15.1. The Kier molecular flexibility index (Phi) is 8.84. The first kappa shape index (κ1) is 30.9. The third kappa shape index (κ3) is 6.74. The molecule has 41 heavy (non-hydrogen) atoms. The van der Waals surface area contributed by atoms with Crippen LogP contribution >= 0.6 is 6.64 Å². The number of carbonyl (C=O) groups excluding carboxylic acids is 1. The number of nitrogens with one attached hydrogen (secondary N) is 1. The number of aliphatic hydroxyl groups excluding tert-OH is 1. The van der Waals surface area contributed by atoms with Gasteiger partial charge in [0.05, 0.1) is 6.10 Å². The molecule has 1 aliphatic rings. The quantitative estimate of drug-likeness (QED) is 0.228. The van der Waals surface area contributed by atoms with Crippen molar-refractivity contribution in [2.24, 2.45) is 0 Å². The van der Waals surface area contributed by atoms with Gasteiger partial charge in [-0.25, -0.2) is 18.7 Å². The van der Waals surface area contributed by atoms with Gasteiger partial charge in [0.15, 0.2) is 18.0 Å². The highest BCUT2D eigenvalue weighted by molar-refractivity contribution is 8.09. The fourth-order valence-corrected chi connectivity index (χ4v) is 6.61. The van der Waals surface area contributed by atoms with Crippen LogP contribution < -0.4 is 21.0 Å². The van der Waals surface area contributed by atoms with Gasteiger partial charge < -0.3 is 29.4 Å². The minimum atomic E-state index is -3.81. The molecule has 0 radical (unpaired) electrons. The maximum atomic E-state index is 16.1. The zero-order valence-corrected chi connectivity index (χ0v) is 24.4. The molecule has 2 heterocycles. The molecule has 1 fully saturated rings. The van der Waals surface area contributed by atoms with E-state index in [0.717, 1.165) is 23.9 Å². The number of nitrogens with two attached hydrogens (primary N) is 1. The van der Waals surface area contributed by atoms with Gasteiger partial charge in [-0.05, 0) is 68.5 Å². The van der Waals surface area contributed by atoms with Gasteiger partial charge >= 0.3 is 18.3 Å². The largest absolute Gasteiger partial charge is 0.462 e. The Morgan fingerprint density at radius 3 is 2.59 bits per heavy atom. The van der Waals surface area contributed by atoms with Crippen LogP contribution in [-0.4, -0.2) is 57.0 Å². The molecule has 2 aromatic carbocycles. The van der Waals surface area contributed by atoms with Gasteiger partial charge in [0.25, 0.3) is 5.85 Å². The smallest absolute Gasteiger partial charge is 0.351 e. The second-order valence-electron chi connectivity index (χ2n) is 10.1. The first-order valence-electron chi connectivity index (χ1n) is 12.6. The van der Waals surface area contributed by atoms with Gasteiger partial charge in [-0.3, -0.25) is 9.36 Å². The number of nitrogen functional groups attached to an aromatic ring is 1. The molecule has 3 aromatic rings. The second kappa shape index (κ2) is 11.7. The van der Waals surface area contributed by atoms with Gasteiger partial charge in [-0.1, -0.05) is 30.3 Å². The van der Waals surface area contributed by atoms with Crippen LogP contribution in [0.1, 0.15) is 33.9 Å². The number of halogens is 2. The van der Waals surface area contributed by atoms with E-state index >= 15 is 8.78 Å². The minimum Gasteiger partial charge on any atom is -0.462 e. The van der Waals surface area contributed by atoms with Crippen molar-refractivity contribution < 1.29 is 37.2 Å². The van der Waals surface area contributed by atoms with Crippen LogP contribution in [0.15, 0.2) is 59.5 Å². The number of aromatic nitrogens is 2. The van der Waals surface area contributed by atoms with E-state index in [2.05, 4.69) is 10.1 Å². The van der Waals surface area contributed by atoms with Crippen LogP contribution in [0.25, 0.3) is 10.8 Å². The number of fused-ring (bicyclic) bond motifs is 1.